The average molecular weight is 1150 g/mol. The summed E-state index contributed by atoms with van der Waals surface area (Å²) >= 11 is 0. The molecule has 2 atom stereocenters. The molecular weight excluding hydrogens is 1030 g/mol. The maximum Gasteiger partial charge on any atom is 0.472 e. The third kappa shape index (κ3) is 65.2. The predicted molar refractivity (Wildman–Crippen MR) is 348 cm³/mol. The summed E-state index contributed by atoms with van der Waals surface area (Å²) in [4.78, 5) is 35.7. The Morgan fingerprint density at radius 3 is 1.06 bits per heavy atom. The molecule has 81 heavy (non-hydrogen) atoms. The molecule has 0 radical (unpaired) electrons. The van der Waals surface area contributed by atoms with Crippen LogP contribution in [0.25, 0.3) is 0 Å². The normalized spacial score (nSPS) is 14.1. The Morgan fingerprint density at radius 1 is 0.395 bits per heavy atom. The van der Waals surface area contributed by atoms with E-state index >= 15 is 0 Å². The smallest absolute Gasteiger partial charge is 0.462 e. The fourth-order valence-electron chi connectivity index (χ4n) is 8.45. The minimum absolute atomic E-state index is 0.0243. The lowest BCUT2D eigenvalue weighted by atomic mass is 10.0. The van der Waals surface area contributed by atoms with E-state index in [9.17, 15) is 19.0 Å². The number of unbranched alkanes of at least 4 members (excludes halogenated alkanes) is 22. The van der Waals surface area contributed by atoms with E-state index in [1.54, 1.807) is 0 Å². The molecule has 0 saturated heterocycles. The number of ether oxygens (including phenoxy) is 2. The number of hydrogen-bond donors (Lipinski definition) is 1. The van der Waals surface area contributed by atoms with E-state index in [1.165, 1.54) is 89.9 Å². The monoisotopic (exact) mass is 1150 g/mol. The summed E-state index contributed by atoms with van der Waals surface area (Å²) in [5.41, 5.74) is 0. The van der Waals surface area contributed by atoms with E-state index in [0.717, 1.165) is 128 Å². The number of rotatable bonds is 58. The third-order valence-electron chi connectivity index (χ3n) is 13.4. The second-order valence-corrected chi connectivity index (χ2v) is 23.9. The number of carbonyl (C=O) groups is 2. The van der Waals surface area contributed by atoms with Gasteiger partial charge in [-0.2, -0.15) is 0 Å². The van der Waals surface area contributed by atoms with Crippen molar-refractivity contribution < 1.29 is 42.1 Å². The van der Waals surface area contributed by atoms with Gasteiger partial charge >= 0.3 is 19.8 Å². The molecule has 10 heteroatoms. The highest BCUT2D eigenvalue weighted by Gasteiger charge is 2.27. The van der Waals surface area contributed by atoms with Gasteiger partial charge in [-0.25, -0.2) is 4.57 Å². The molecule has 0 fully saturated rings. The molecule has 0 saturated carbocycles. The van der Waals surface area contributed by atoms with E-state index in [0.29, 0.717) is 17.4 Å². The van der Waals surface area contributed by atoms with Crippen LogP contribution in [0.5, 0.6) is 0 Å². The number of phosphoric ester groups is 1. The lowest BCUT2D eigenvalue weighted by Gasteiger charge is -2.24. The highest BCUT2D eigenvalue weighted by molar-refractivity contribution is 7.47. The first kappa shape index (κ1) is 77.2. The summed E-state index contributed by atoms with van der Waals surface area (Å²) < 4.78 is 34.6. The van der Waals surface area contributed by atoms with Crippen LogP contribution in [-0.4, -0.2) is 74.9 Å². The van der Waals surface area contributed by atoms with Crippen LogP contribution in [0.15, 0.2) is 134 Å². The Kier molecular flexibility index (Phi) is 57.8. The molecule has 0 aliphatic rings. The first-order chi connectivity index (χ1) is 39.5. The van der Waals surface area contributed by atoms with Gasteiger partial charge in [0.2, 0.25) is 0 Å². The number of carbonyl (C=O) groups excluding carboxylic acids is 2. The molecule has 0 aromatic carbocycles. The van der Waals surface area contributed by atoms with Gasteiger partial charge in [0.15, 0.2) is 6.10 Å². The summed E-state index contributed by atoms with van der Waals surface area (Å²) in [7, 11) is 1.46. The molecule has 0 spiro atoms. The molecular formula is C71H121NO8P+. The molecule has 0 aliphatic heterocycles. The summed E-state index contributed by atoms with van der Waals surface area (Å²) in [6, 6.07) is 0. The molecule has 9 nitrogen and oxygen atoms in total. The maximum atomic E-state index is 12.8. The largest absolute Gasteiger partial charge is 0.472 e. The van der Waals surface area contributed by atoms with Crippen molar-refractivity contribution in [1.29, 1.82) is 0 Å². The molecule has 0 rings (SSSR count). The molecule has 0 heterocycles. The van der Waals surface area contributed by atoms with Crippen molar-refractivity contribution in [3.05, 3.63) is 134 Å². The summed E-state index contributed by atoms with van der Waals surface area (Å²) in [6.45, 7) is 4.30. The Morgan fingerprint density at radius 2 is 0.704 bits per heavy atom. The van der Waals surface area contributed by atoms with Gasteiger partial charge in [0.05, 0.1) is 27.7 Å². The van der Waals surface area contributed by atoms with E-state index in [-0.39, 0.29) is 32.0 Å². The maximum absolute atomic E-state index is 12.8. The number of allylic oxidation sites excluding steroid dienone is 22. The van der Waals surface area contributed by atoms with Crippen molar-refractivity contribution in [2.75, 3.05) is 47.5 Å². The topological polar surface area (TPSA) is 108 Å². The number of nitrogens with zero attached hydrogens (tertiary/aromatic N) is 1. The highest BCUT2D eigenvalue weighted by Crippen LogP contribution is 2.43. The van der Waals surface area contributed by atoms with Crippen molar-refractivity contribution in [2.45, 2.75) is 258 Å². The van der Waals surface area contributed by atoms with Gasteiger partial charge in [-0.1, -0.05) is 257 Å². The van der Waals surface area contributed by atoms with Gasteiger partial charge < -0.3 is 18.9 Å². The van der Waals surface area contributed by atoms with Crippen molar-refractivity contribution in [2.24, 2.45) is 0 Å². The fraction of sp³-hybridized carbons (Fsp3) is 0.662. The molecule has 0 aromatic rings. The summed E-state index contributed by atoms with van der Waals surface area (Å²) in [6.07, 6.45) is 88.2. The van der Waals surface area contributed by atoms with Crippen LogP contribution < -0.4 is 0 Å². The first-order valence-electron chi connectivity index (χ1n) is 32.4. The Bertz CT molecular complexity index is 1830. The van der Waals surface area contributed by atoms with Gasteiger partial charge in [-0.3, -0.25) is 18.6 Å². The number of hydrogen-bond acceptors (Lipinski definition) is 7. The van der Waals surface area contributed by atoms with Crippen LogP contribution in [0.2, 0.25) is 0 Å². The number of phosphoric acid groups is 1. The van der Waals surface area contributed by atoms with Gasteiger partial charge in [0.25, 0.3) is 0 Å². The van der Waals surface area contributed by atoms with E-state index < -0.39 is 26.5 Å². The second-order valence-electron chi connectivity index (χ2n) is 22.4. The van der Waals surface area contributed by atoms with Crippen LogP contribution in [0, 0.1) is 0 Å². The standard InChI is InChI=1S/C71H120NO8P/c1-6-8-10-12-14-16-18-20-22-24-25-26-27-28-29-30-31-32-33-34-35-36-37-38-39-40-41-42-43-44-45-46-47-48-50-52-54-56-58-60-62-64-71(74)80-69(68-79-81(75,76)78-66-65-72(3,4)5)67-77-70(73)63-61-59-57-55-53-51-49-23-21-19-17-15-13-11-9-7-2/h8,10,14,16,20,22-23,25-26,28-29,31-32,34-35,37-38,40-41,43-44,49,69H,6-7,9,11-13,15,17-19,21,24,27,30,33,36,39,42,45-48,50-68H2,1-5H3/p+1/b10-8-,16-14-,22-20-,26-25-,29-28-,32-31-,35-34-,38-37-,41-40-,44-43-,49-23-. The number of esters is 2. The van der Waals surface area contributed by atoms with Crippen LogP contribution in [0.4, 0.5) is 0 Å². The van der Waals surface area contributed by atoms with Crippen LogP contribution >= 0.6 is 7.82 Å². The summed E-state index contributed by atoms with van der Waals surface area (Å²) in [5.74, 6) is -0.816. The van der Waals surface area contributed by atoms with E-state index in [1.807, 2.05) is 21.1 Å². The van der Waals surface area contributed by atoms with Gasteiger partial charge in [-0.05, 0) is 116 Å². The first-order valence-corrected chi connectivity index (χ1v) is 33.9. The van der Waals surface area contributed by atoms with Crippen molar-refractivity contribution >= 4 is 19.8 Å². The molecule has 0 amide bonds. The second kappa shape index (κ2) is 60.7. The highest BCUT2D eigenvalue weighted by atomic mass is 31.2. The molecule has 1 N–H and O–H groups in total. The van der Waals surface area contributed by atoms with Crippen molar-refractivity contribution in [1.82, 2.24) is 0 Å². The average Bonchev–Trinajstić information content (AvgIpc) is 3.43. The zero-order valence-corrected chi connectivity index (χ0v) is 53.4. The van der Waals surface area contributed by atoms with Crippen molar-refractivity contribution in [3.8, 4) is 0 Å². The molecule has 2 unspecified atom stereocenters. The van der Waals surface area contributed by atoms with Crippen molar-refractivity contribution in [3.63, 3.8) is 0 Å². The van der Waals surface area contributed by atoms with E-state index in [2.05, 4.69) is 148 Å². The fourth-order valence-corrected chi connectivity index (χ4v) is 9.19. The predicted octanol–water partition coefficient (Wildman–Crippen LogP) is 20.9. The molecule has 0 aliphatic carbocycles. The minimum atomic E-state index is -4.40. The van der Waals surface area contributed by atoms with Gasteiger partial charge in [-0.15, -0.1) is 0 Å². The molecule has 0 aromatic heterocycles. The van der Waals surface area contributed by atoms with E-state index in [4.69, 9.17) is 18.5 Å². The zero-order valence-electron chi connectivity index (χ0n) is 52.5. The Hall–Kier alpha value is -3.85. The lowest BCUT2D eigenvalue weighted by molar-refractivity contribution is -0.870. The van der Waals surface area contributed by atoms with Crippen LogP contribution in [-0.2, 0) is 32.7 Å². The van der Waals surface area contributed by atoms with Gasteiger partial charge in [0.1, 0.15) is 19.8 Å². The lowest BCUT2D eigenvalue weighted by Crippen LogP contribution is -2.37. The SMILES string of the molecule is CC/C=C\C/C=C\C/C=C\C/C=C\C/C=C\C/C=C\C/C=C\C/C=C\C/C=C\C/C=C\CCCCCCCCCCCCC(=O)OC(COC(=O)CCCCCCC/C=C\CCCCCCCCC)COP(=O)(O)OCC[N+](C)(C)C. The van der Waals surface area contributed by atoms with Gasteiger partial charge in [0, 0.05) is 12.8 Å². The quantitative estimate of drug-likeness (QED) is 0.0211. The molecule has 0 bridgehead atoms. The summed E-state index contributed by atoms with van der Waals surface area (Å²) in [5, 5.41) is 0. The van der Waals surface area contributed by atoms with Crippen LogP contribution in [0.3, 0.4) is 0 Å². The Balaban J connectivity index is 4.09. The number of quaternary nitrogens is 1. The molecule has 462 valence electrons. The Labute approximate surface area is 498 Å². The zero-order chi connectivity index (χ0) is 59.1. The van der Waals surface area contributed by atoms with Crippen LogP contribution in [0.1, 0.15) is 251 Å². The third-order valence-corrected chi connectivity index (χ3v) is 14.4. The minimum Gasteiger partial charge on any atom is -0.462 e. The number of likely N-dealkylation sites (N-methyl/N-ethyl adjacent to an activating group) is 1.